The number of aromatic nitrogens is 2. The number of benzene rings is 2. The third-order valence-electron chi connectivity index (χ3n) is 3.86. The van der Waals surface area contributed by atoms with E-state index in [-0.39, 0.29) is 28.4 Å². The van der Waals surface area contributed by atoms with Crippen LogP contribution in [0.3, 0.4) is 0 Å². The standard InChI is InChI=1S/C17H18N8O4/c1-28-10-6-2-3-7-11(10)29-12-8-4-5-9-13(12)14(24(20)15(18)26)23-17(22-9)25(21)16(19)27/h2-8H,20-21H2,1H3,(H2,18,26)(H2,19,27). The molecule has 12 nitrogen and oxygen atoms in total. The molecule has 1 heterocycles. The van der Waals surface area contributed by atoms with Crippen molar-refractivity contribution in [2.24, 2.45) is 23.2 Å². The van der Waals surface area contributed by atoms with Crippen LogP contribution < -0.4 is 42.6 Å². The molecule has 12 heteroatoms. The number of anilines is 2. The molecule has 0 atom stereocenters. The van der Waals surface area contributed by atoms with Crippen LogP contribution in [-0.4, -0.2) is 29.1 Å². The molecule has 8 N–H and O–H groups in total. The number of rotatable bonds is 5. The molecule has 0 aliphatic heterocycles. The van der Waals surface area contributed by atoms with Crippen LogP contribution in [0, 0.1) is 0 Å². The Labute approximate surface area is 164 Å². The predicted octanol–water partition coefficient (Wildman–Crippen LogP) is 0.948. The Balaban J connectivity index is 2.24. The number of nitrogens with two attached hydrogens (primary N) is 4. The minimum Gasteiger partial charge on any atom is -0.493 e. The SMILES string of the molecule is COc1ccccc1Oc1cccc2nc(N(N)C(N)=O)nc(N(N)C(N)=O)c12. The summed E-state index contributed by atoms with van der Waals surface area (Å²) in [5.74, 6) is 12.1. The van der Waals surface area contributed by atoms with E-state index in [2.05, 4.69) is 9.97 Å². The molecule has 0 radical (unpaired) electrons. The monoisotopic (exact) mass is 398 g/mol. The Morgan fingerprint density at radius 3 is 2.10 bits per heavy atom. The molecule has 3 rings (SSSR count). The minimum atomic E-state index is -1.01. The fraction of sp³-hybridized carbons (Fsp3) is 0.0588. The van der Waals surface area contributed by atoms with Gasteiger partial charge in [0.05, 0.1) is 18.0 Å². The summed E-state index contributed by atoms with van der Waals surface area (Å²) in [5.41, 5.74) is 10.7. The zero-order valence-corrected chi connectivity index (χ0v) is 15.3. The van der Waals surface area contributed by atoms with E-state index < -0.39 is 12.1 Å². The normalized spacial score (nSPS) is 10.4. The first-order valence-electron chi connectivity index (χ1n) is 8.13. The van der Waals surface area contributed by atoms with Gasteiger partial charge in [-0.05, 0) is 24.3 Å². The van der Waals surface area contributed by atoms with Gasteiger partial charge in [-0.1, -0.05) is 18.2 Å². The number of primary amides is 2. The molecule has 29 heavy (non-hydrogen) atoms. The maximum Gasteiger partial charge on any atom is 0.336 e. The Morgan fingerprint density at radius 1 is 0.862 bits per heavy atom. The van der Waals surface area contributed by atoms with Gasteiger partial charge in [-0.3, -0.25) is 0 Å². The van der Waals surface area contributed by atoms with Crippen molar-refractivity contribution in [1.82, 2.24) is 9.97 Å². The summed E-state index contributed by atoms with van der Waals surface area (Å²) in [7, 11) is 1.50. The number of carbonyl (C=O) groups is 2. The van der Waals surface area contributed by atoms with Gasteiger partial charge in [-0.25, -0.2) is 31.3 Å². The molecule has 0 aliphatic rings. The number of hydrogen-bond donors (Lipinski definition) is 4. The predicted molar refractivity (Wildman–Crippen MR) is 105 cm³/mol. The first-order chi connectivity index (χ1) is 13.8. The summed E-state index contributed by atoms with van der Waals surface area (Å²) in [4.78, 5) is 31.3. The Kier molecular flexibility index (Phi) is 5.29. The molecule has 150 valence electrons. The van der Waals surface area contributed by atoms with Gasteiger partial charge in [0.2, 0.25) is 0 Å². The lowest BCUT2D eigenvalue weighted by Gasteiger charge is -2.20. The molecule has 0 fully saturated rings. The van der Waals surface area contributed by atoms with Crippen LogP contribution >= 0.6 is 0 Å². The van der Waals surface area contributed by atoms with Gasteiger partial charge in [0.25, 0.3) is 5.95 Å². The van der Waals surface area contributed by atoms with Gasteiger partial charge in [-0.15, -0.1) is 0 Å². The topological polar surface area (TPSA) is 189 Å². The van der Waals surface area contributed by atoms with Gasteiger partial charge >= 0.3 is 12.1 Å². The average molecular weight is 398 g/mol. The summed E-state index contributed by atoms with van der Waals surface area (Å²) in [6.45, 7) is 0. The Hall–Kier alpha value is -4.16. The summed E-state index contributed by atoms with van der Waals surface area (Å²) >= 11 is 0. The zero-order chi connectivity index (χ0) is 21.1. The van der Waals surface area contributed by atoms with E-state index in [1.54, 1.807) is 42.5 Å². The molecular weight excluding hydrogens is 380 g/mol. The number of ether oxygens (including phenoxy) is 2. The van der Waals surface area contributed by atoms with Crippen LogP contribution in [0.5, 0.6) is 17.2 Å². The van der Waals surface area contributed by atoms with Crippen molar-refractivity contribution in [3.8, 4) is 17.2 Å². The van der Waals surface area contributed by atoms with Crippen LogP contribution in [0.4, 0.5) is 21.4 Å². The Bertz CT molecular complexity index is 1090. The lowest BCUT2D eigenvalue weighted by molar-refractivity contribution is 0.253. The number of carbonyl (C=O) groups excluding carboxylic acids is 2. The van der Waals surface area contributed by atoms with Crippen LogP contribution in [0.1, 0.15) is 0 Å². The molecule has 0 saturated carbocycles. The van der Waals surface area contributed by atoms with Crippen molar-refractivity contribution < 1.29 is 19.1 Å². The number of para-hydroxylation sites is 2. The molecule has 0 saturated heterocycles. The van der Waals surface area contributed by atoms with Crippen LogP contribution in [0.15, 0.2) is 42.5 Å². The van der Waals surface area contributed by atoms with Gasteiger partial charge in [0.15, 0.2) is 17.3 Å². The summed E-state index contributed by atoms with van der Waals surface area (Å²) in [5, 5.41) is 1.34. The van der Waals surface area contributed by atoms with E-state index in [0.717, 1.165) is 0 Å². The molecular formula is C17H18N8O4. The quantitative estimate of drug-likeness (QED) is 0.277. The molecule has 0 unspecified atom stereocenters. The highest BCUT2D eigenvalue weighted by Crippen LogP contribution is 2.38. The highest BCUT2D eigenvalue weighted by Gasteiger charge is 2.23. The van der Waals surface area contributed by atoms with Crippen molar-refractivity contribution >= 4 is 34.7 Å². The van der Waals surface area contributed by atoms with Crippen LogP contribution in [0.25, 0.3) is 10.9 Å². The second-order valence-corrected chi connectivity index (χ2v) is 5.67. The maximum absolute atomic E-state index is 11.7. The number of nitrogens with zero attached hydrogens (tertiary/aromatic N) is 4. The number of amides is 4. The summed E-state index contributed by atoms with van der Waals surface area (Å²) < 4.78 is 11.2. The number of urea groups is 2. The van der Waals surface area contributed by atoms with Crippen LogP contribution in [0.2, 0.25) is 0 Å². The zero-order valence-electron chi connectivity index (χ0n) is 15.3. The fourth-order valence-corrected chi connectivity index (χ4v) is 2.51. The lowest BCUT2D eigenvalue weighted by Crippen LogP contribution is -2.45. The first kappa shape index (κ1) is 19.6. The van der Waals surface area contributed by atoms with Gasteiger partial charge in [0, 0.05) is 0 Å². The van der Waals surface area contributed by atoms with Crippen molar-refractivity contribution in [3.63, 3.8) is 0 Å². The highest BCUT2D eigenvalue weighted by atomic mass is 16.5. The van der Waals surface area contributed by atoms with E-state index in [9.17, 15) is 9.59 Å². The third kappa shape index (κ3) is 3.78. The van der Waals surface area contributed by atoms with E-state index in [1.807, 2.05) is 0 Å². The third-order valence-corrected chi connectivity index (χ3v) is 3.86. The Morgan fingerprint density at radius 2 is 1.48 bits per heavy atom. The van der Waals surface area contributed by atoms with E-state index >= 15 is 0 Å². The first-order valence-corrected chi connectivity index (χ1v) is 8.13. The van der Waals surface area contributed by atoms with Crippen LogP contribution in [-0.2, 0) is 0 Å². The molecule has 4 amide bonds. The molecule has 2 aromatic carbocycles. The molecule has 0 spiro atoms. The van der Waals surface area contributed by atoms with Crippen molar-refractivity contribution in [2.45, 2.75) is 0 Å². The van der Waals surface area contributed by atoms with E-state index in [0.29, 0.717) is 21.5 Å². The van der Waals surface area contributed by atoms with Gasteiger partial charge in [0.1, 0.15) is 5.75 Å². The smallest absolute Gasteiger partial charge is 0.336 e. The fourth-order valence-electron chi connectivity index (χ4n) is 2.51. The molecule has 1 aromatic heterocycles. The average Bonchev–Trinajstić information content (AvgIpc) is 2.72. The number of methoxy groups -OCH3 is 1. The highest BCUT2D eigenvalue weighted by molar-refractivity contribution is 6.03. The largest absolute Gasteiger partial charge is 0.493 e. The molecule has 3 aromatic rings. The van der Waals surface area contributed by atoms with Crippen molar-refractivity contribution in [1.29, 1.82) is 0 Å². The maximum atomic E-state index is 11.7. The summed E-state index contributed by atoms with van der Waals surface area (Å²) in [6, 6.07) is 9.77. The molecule has 0 bridgehead atoms. The number of hydrogen-bond acceptors (Lipinski definition) is 8. The number of hydrazine groups is 2. The van der Waals surface area contributed by atoms with Crippen molar-refractivity contribution in [2.75, 3.05) is 17.1 Å². The number of fused-ring (bicyclic) bond motifs is 1. The lowest BCUT2D eigenvalue weighted by atomic mass is 10.2. The second-order valence-electron chi connectivity index (χ2n) is 5.67. The van der Waals surface area contributed by atoms with Gasteiger partial charge in [-0.2, -0.15) is 9.99 Å². The minimum absolute atomic E-state index is 0.139. The second kappa shape index (κ2) is 7.84. The van der Waals surface area contributed by atoms with E-state index in [1.165, 1.54) is 7.11 Å². The van der Waals surface area contributed by atoms with Crippen molar-refractivity contribution in [3.05, 3.63) is 42.5 Å². The van der Waals surface area contributed by atoms with E-state index in [4.69, 9.17) is 32.6 Å². The summed E-state index contributed by atoms with van der Waals surface area (Å²) in [6.07, 6.45) is 0. The molecule has 0 aliphatic carbocycles. The van der Waals surface area contributed by atoms with Gasteiger partial charge < -0.3 is 20.9 Å².